The SMILES string of the molecule is COC(=O)[C@H]1OC(S/C=C2/Oc3c(OC)ccc4c3C23CCN(C)C(C4)C3C)C(OC(C)=O)[C@@H](OC(C)=O)C1OC(C)=O. The van der Waals surface area contributed by atoms with Crippen molar-refractivity contribution in [2.24, 2.45) is 5.92 Å². The topological polar surface area (TPSA) is 136 Å². The molecule has 3 aliphatic heterocycles. The fourth-order valence-corrected chi connectivity index (χ4v) is 8.08. The first-order valence-electron chi connectivity index (χ1n) is 14.1. The van der Waals surface area contributed by atoms with Crippen LogP contribution in [0.1, 0.15) is 45.2 Å². The third-order valence-corrected chi connectivity index (χ3v) is 9.88. The molecular formula is C30H37NO11S. The molecule has 2 fully saturated rings. The summed E-state index contributed by atoms with van der Waals surface area (Å²) in [7, 11) is 4.91. The maximum atomic E-state index is 12.8. The first-order chi connectivity index (χ1) is 20.4. The number of carbonyl (C=O) groups excluding carboxylic acids is 4. The molecule has 0 aromatic heterocycles. The van der Waals surface area contributed by atoms with Crippen molar-refractivity contribution in [3.05, 3.63) is 34.4 Å². The van der Waals surface area contributed by atoms with Crippen molar-refractivity contribution in [2.45, 2.75) is 81.8 Å². The van der Waals surface area contributed by atoms with Gasteiger partial charge in [0.15, 0.2) is 35.9 Å². The molecule has 1 aromatic carbocycles. The number of carbonyl (C=O) groups is 4. The molecule has 5 rings (SSSR count). The second-order valence-electron chi connectivity index (χ2n) is 11.3. The first kappa shape index (κ1) is 31.1. The number of thioether (sulfide) groups is 1. The largest absolute Gasteiger partial charge is 0.493 e. The highest BCUT2D eigenvalue weighted by molar-refractivity contribution is 8.02. The van der Waals surface area contributed by atoms with Gasteiger partial charge in [-0.1, -0.05) is 24.8 Å². The number of hydrogen-bond donors (Lipinski definition) is 0. The van der Waals surface area contributed by atoms with Gasteiger partial charge in [-0.3, -0.25) is 14.4 Å². The molecule has 0 amide bonds. The van der Waals surface area contributed by atoms with E-state index in [-0.39, 0.29) is 5.92 Å². The predicted molar refractivity (Wildman–Crippen MR) is 152 cm³/mol. The van der Waals surface area contributed by atoms with E-state index in [4.69, 9.17) is 33.2 Å². The third-order valence-electron chi connectivity index (χ3n) is 8.88. The van der Waals surface area contributed by atoms with Crippen LogP contribution in [0, 0.1) is 5.92 Å². The van der Waals surface area contributed by atoms with Gasteiger partial charge in [-0.15, -0.1) is 0 Å². The first-order valence-corrected chi connectivity index (χ1v) is 15.1. The average Bonchev–Trinajstić information content (AvgIpc) is 3.28. The molecule has 1 aliphatic carbocycles. The smallest absolute Gasteiger partial charge is 0.339 e. The van der Waals surface area contributed by atoms with Crippen molar-refractivity contribution in [3.8, 4) is 11.5 Å². The van der Waals surface area contributed by atoms with E-state index in [1.54, 1.807) is 7.11 Å². The van der Waals surface area contributed by atoms with E-state index in [1.165, 1.54) is 12.5 Å². The number of allylic oxidation sites excluding steroid dienone is 1. The molecule has 6 unspecified atom stereocenters. The number of hydrogen-bond acceptors (Lipinski definition) is 13. The summed E-state index contributed by atoms with van der Waals surface area (Å²) in [4.78, 5) is 51.6. The van der Waals surface area contributed by atoms with Gasteiger partial charge in [0.2, 0.25) is 0 Å². The number of piperidine rings is 1. The standard InChI is InChI=1S/C30H37NO11S/c1-14-19-12-18-8-9-20(36-6)23-22(18)30(14,10-11-31(19)5)21(41-23)13-43-29-27(40-17(4)34)25(39-16(3)33)24(38-15(2)32)26(42-29)28(35)37-7/h8-9,13-14,19,24-27,29H,10-12H2,1-7H3/b21-13+/t14?,19?,24?,25-,26-,27?,29?,30?/m0/s1. The summed E-state index contributed by atoms with van der Waals surface area (Å²) < 4.78 is 39.8. The minimum absolute atomic E-state index is 0.195. The van der Waals surface area contributed by atoms with Crippen LogP contribution in [0.25, 0.3) is 0 Å². The Morgan fingerprint density at radius 1 is 1.00 bits per heavy atom. The van der Waals surface area contributed by atoms with Crippen molar-refractivity contribution in [3.63, 3.8) is 0 Å². The number of ether oxygens (including phenoxy) is 7. The highest BCUT2D eigenvalue weighted by Crippen LogP contribution is 2.62. The Morgan fingerprint density at radius 3 is 2.28 bits per heavy atom. The molecular weight excluding hydrogens is 582 g/mol. The maximum Gasteiger partial charge on any atom is 0.339 e. The molecule has 3 heterocycles. The monoisotopic (exact) mass is 619 g/mol. The summed E-state index contributed by atoms with van der Waals surface area (Å²) in [6, 6.07) is 4.31. The minimum atomic E-state index is -1.46. The number of nitrogens with zero attached hydrogens (tertiary/aromatic N) is 1. The van der Waals surface area contributed by atoms with E-state index >= 15 is 0 Å². The quantitative estimate of drug-likeness (QED) is 0.327. The molecule has 4 aliphatic rings. The summed E-state index contributed by atoms with van der Waals surface area (Å²) in [6.07, 6.45) is -3.80. The summed E-state index contributed by atoms with van der Waals surface area (Å²) in [5.41, 5.74) is 0.819. The zero-order chi connectivity index (χ0) is 31.2. The molecule has 13 heteroatoms. The summed E-state index contributed by atoms with van der Waals surface area (Å²) in [5, 5.41) is 1.82. The number of fused-ring (bicyclic) bond motifs is 1. The van der Waals surface area contributed by atoms with Crippen LogP contribution in [0.4, 0.5) is 0 Å². The van der Waals surface area contributed by atoms with Crippen molar-refractivity contribution >= 4 is 35.6 Å². The number of esters is 4. The van der Waals surface area contributed by atoms with Gasteiger partial charge >= 0.3 is 23.9 Å². The summed E-state index contributed by atoms with van der Waals surface area (Å²) in [5.74, 6) is -0.810. The third kappa shape index (κ3) is 5.35. The maximum absolute atomic E-state index is 12.8. The Labute approximate surface area is 254 Å². The van der Waals surface area contributed by atoms with Crippen LogP contribution in [0.2, 0.25) is 0 Å². The van der Waals surface area contributed by atoms with Crippen molar-refractivity contribution in [1.29, 1.82) is 0 Å². The Kier molecular flexibility index (Phi) is 8.70. The highest BCUT2D eigenvalue weighted by atomic mass is 32.2. The normalized spacial score (nSPS) is 33.6. The summed E-state index contributed by atoms with van der Waals surface area (Å²) in [6.45, 7) is 6.59. The lowest BCUT2D eigenvalue weighted by molar-refractivity contribution is -0.235. The summed E-state index contributed by atoms with van der Waals surface area (Å²) >= 11 is 1.12. The second-order valence-corrected chi connectivity index (χ2v) is 12.3. The van der Waals surface area contributed by atoms with E-state index in [2.05, 4.69) is 24.9 Å². The zero-order valence-corrected chi connectivity index (χ0v) is 26.1. The van der Waals surface area contributed by atoms with E-state index in [0.29, 0.717) is 23.3 Å². The van der Waals surface area contributed by atoms with Gasteiger partial charge in [-0.25, -0.2) is 4.79 Å². The van der Waals surface area contributed by atoms with Gasteiger partial charge in [0.1, 0.15) is 11.2 Å². The molecule has 1 aromatic rings. The van der Waals surface area contributed by atoms with Gasteiger partial charge in [0.25, 0.3) is 0 Å². The Bertz CT molecular complexity index is 1350. The molecule has 2 bridgehead atoms. The Balaban J connectivity index is 1.57. The van der Waals surface area contributed by atoms with Gasteiger partial charge in [0, 0.05) is 37.8 Å². The van der Waals surface area contributed by atoms with E-state index < -0.39 is 59.1 Å². The van der Waals surface area contributed by atoms with Crippen LogP contribution >= 0.6 is 11.8 Å². The van der Waals surface area contributed by atoms with Gasteiger partial charge in [-0.05, 0) is 44.0 Å². The van der Waals surface area contributed by atoms with Crippen molar-refractivity contribution in [2.75, 3.05) is 27.8 Å². The van der Waals surface area contributed by atoms with Crippen LogP contribution in [-0.2, 0) is 54.7 Å². The van der Waals surface area contributed by atoms with Crippen molar-refractivity contribution < 1.29 is 52.3 Å². The molecule has 2 saturated heterocycles. The molecule has 8 atom stereocenters. The van der Waals surface area contributed by atoms with E-state index in [1.807, 2.05) is 11.5 Å². The molecule has 0 radical (unpaired) electrons. The van der Waals surface area contributed by atoms with Crippen LogP contribution in [0.3, 0.4) is 0 Å². The van der Waals surface area contributed by atoms with Crippen LogP contribution in [0.5, 0.6) is 11.5 Å². The lowest BCUT2D eigenvalue weighted by Crippen LogP contribution is -2.62. The molecule has 43 heavy (non-hydrogen) atoms. The average molecular weight is 620 g/mol. The fourth-order valence-electron chi connectivity index (χ4n) is 7.01. The molecule has 12 nitrogen and oxygen atoms in total. The van der Waals surface area contributed by atoms with Crippen LogP contribution < -0.4 is 9.47 Å². The van der Waals surface area contributed by atoms with Gasteiger partial charge in [-0.2, -0.15) is 0 Å². The predicted octanol–water partition coefficient (Wildman–Crippen LogP) is 2.49. The molecule has 1 spiro atoms. The lowest BCUT2D eigenvalue weighted by atomic mass is 9.58. The molecule has 0 N–H and O–H groups in total. The van der Waals surface area contributed by atoms with Crippen LogP contribution in [0.15, 0.2) is 23.3 Å². The van der Waals surface area contributed by atoms with Gasteiger partial charge < -0.3 is 38.1 Å². The van der Waals surface area contributed by atoms with Crippen LogP contribution in [-0.4, -0.2) is 92.5 Å². The number of methoxy groups -OCH3 is 2. The van der Waals surface area contributed by atoms with E-state index in [0.717, 1.165) is 57.7 Å². The highest BCUT2D eigenvalue weighted by Gasteiger charge is 2.59. The van der Waals surface area contributed by atoms with Gasteiger partial charge in [0.05, 0.1) is 19.6 Å². The minimum Gasteiger partial charge on any atom is -0.493 e. The Hall–Kier alpha value is -3.29. The number of likely N-dealkylation sites (N-methyl/N-ethyl adjacent to an activating group) is 1. The zero-order valence-electron chi connectivity index (χ0n) is 25.2. The van der Waals surface area contributed by atoms with E-state index in [9.17, 15) is 19.2 Å². The number of likely N-dealkylation sites (tertiary alicyclic amines) is 1. The number of benzene rings is 1. The second kappa shape index (κ2) is 12.0. The van der Waals surface area contributed by atoms with Crippen molar-refractivity contribution in [1.82, 2.24) is 4.90 Å². The molecule has 0 saturated carbocycles. The fraction of sp³-hybridized carbons (Fsp3) is 0.600. The Morgan fingerprint density at radius 2 is 1.65 bits per heavy atom. The number of rotatable bonds is 7. The molecule has 234 valence electrons. The lowest BCUT2D eigenvalue weighted by Gasteiger charge is -2.52.